The Balaban J connectivity index is 2.21. The van der Waals surface area contributed by atoms with Crippen molar-refractivity contribution in [3.05, 3.63) is 30.1 Å². The normalized spacial score (nSPS) is 14.1. The third-order valence-electron chi connectivity index (χ3n) is 3.02. The Bertz CT molecular complexity index is 584. The molecule has 6 heteroatoms. The smallest absolute Gasteiger partial charge is 0.259 e. The van der Waals surface area contributed by atoms with Gasteiger partial charge >= 0.3 is 0 Å². The van der Waals surface area contributed by atoms with Crippen molar-refractivity contribution < 1.29 is 9.26 Å². The highest BCUT2D eigenvalue weighted by molar-refractivity contribution is 7.98. The van der Waals surface area contributed by atoms with E-state index in [9.17, 15) is 0 Å². The highest BCUT2D eigenvalue weighted by atomic mass is 32.2. The van der Waals surface area contributed by atoms with E-state index in [-0.39, 0.29) is 0 Å². The van der Waals surface area contributed by atoms with E-state index < -0.39 is 5.54 Å². The molecule has 0 amide bonds. The zero-order valence-electron chi connectivity index (χ0n) is 12.6. The first-order valence-electron chi connectivity index (χ1n) is 6.92. The summed E-state index contributed by atoms with van der Waals surface area (Å²) in [6.07, 6.45) is 2.97. The van der Waals surface area contributed by atoms with Crippen LogP contribution in [-0.4, -0.2) is 29.6 Å². The molecule has 1 atom stereocenters. The summed E-state index contributed by atoms with van der Waals surface area (Å²) < 4.78 is 10.9. The second-order valence-corrected chi connectivity index (χ2v) is 5.94. The van der Waals surface area contributed by atoms with Crippen LogP contribution in [0.4, 0.5) is 0 Å². The van der Waals surface area contributed by atoms with E-state index in [1.165, 1.54) is 0 Å². The number of thioether (sulfide) groups is 1. The van der Waals surface area contributed by atoms with E-state index in [1.807, 2.05) is 37.4 Å². The van der Waals surface area contributed by atoms with Crippen molar-refractivity contribution in [3.63, 3.8) is 0 Å². The monoisotopic (exact) mass is 307 g/mol. The highest BCUT2D eigenvalue weighted by Gasteiger charge is 2.28. The van der Waals surface area contributed by atoms with Crippen LogP contribution in [0.1, 0.15) is 26.1 Å². The number of aromatic nitrogens is 2. The maximum Gasteiger partial charge on any atom is 0.259 e. The lowest BCUT2D eigenvalue weighted by Crippen LogP contribution is -2.39. The van der Waals surface area contributed by atoms with Gasteiger partial charge in [0, 0.05) is 11.5 Å². The van der Waals surface area contributed by atoms with Gasteiger partial charge in [0.2, 0.25) is 0 Å². The van der Waals surface area contributed by atoms with E-state index in [2.05, 4.69) is 17.1 Å². The van der Waals surface area contributed by atoms with E-state index in [0.29, 0.717) is 24.9 Å². The molecule has 2 rings (SSSR count). The summed E-state index contributed by atoms with van der Waals surface area (Å²) in [5.74, 6) is 0.951. The highest BCUT2D eigenvalue weighted by Crippen LogP contribution is 2.29. The summed E-state index contributed by atoms with van der Waals surface area (Å²) in [5, 5.41) is 4.02. The molecule has 5 nitrogen and oxygen atoms in total. The minimum Gasteiger partial charge on any atom is -0.379 e. The van der Waals surface area contributed by atoms with Gasteiger partial charge in [-0.25, -0.2) is 0 Å². The molecule has 1 aromatic carbocycles. The molecule has 2 aromatic rings. The van der Waals surface area contributed by atoms with Crippen LogP contribution in [0, 0.1) is 0 Å². The number of benzene rings is 1. The zero-order chi connectivity index (χ0) is 15.3. The molecule has 114 valence electrons. The Hall–Kier alpha value is -1.37. The molecule has 0 aliphatic rings. The van der Waals surface area contributed by atoms with Crippen LogP contribution < -0.4 is 5.73 Å². The van der Waals surface area contributed by atoms with Crippen molar-refractivity contribution >= 4 is 11.8 Å². The summed E-state index contributed by atoms with van der Waals surface area (Å²) >= 11 is 1.64. The zero-order valence-corrected chi connectivity index (χ0v) is 13.4. The van der Waals surface area contributed by atoms with Crippen LogP contribution in [0.15, 0.2) is 33.7 Å². The molecule has 0 spiro atoms. The standard InChI is InChI=1S/C15H21N3O2S/c1-4-9-19-10-15(2,16)14-17-13(20-18-14)11-7-5-6-8-12(11)21-3/h5-8H,4,9-10,16H2,1-3H3. The first-order valence-corrected chi connectivity index (χ1v) is 8.15. The predicted molar refractivity (Wildman–Crippen MR) is 84.2 cm³/mol. The number of nitrogens with zero attached hydrogens (tertiary/aromatic N) is 2. The van der Waals surface area contributed by atoms with Crippen molar-refractivity contribution in [2.24, 2.45) is 5.73 Å². The van der Waals surface area contributed by atoms with Crippen LogP contribution in [0.3, 0.4) is 0 Å². The average Bonchev–Trinajstić information content (AvgIpc) is 2.98. The predicted octanol–water partition coefficient (Wildman–Crippen LogP) is 3.06. The molecule has 0 saturated heterocycles. The minimum absolute atomic E-state index is 0.365. The molecule has 2 N–H and O–H groups in total. The van der Waals surface area contributed by atoms with E-state index in [1.54, 1.807) is 11.8 Å². The van der Waals surface area contributed by atoms with Gasteiger partial charge in [-0.3, -0.25) is 0 Å². The van der Waals surface area contributed by atoms with Gasteiger partial charge in [0.1, 0.15) is 5.54 Å². The summed E-state index contributed by atoms with van der Waals surface area (Å²) in [4.78, 5) is 5.53. The topological polar surface area (TPSA) is 74.2 Å². The van der Waals surface area contributed by atoms with Crippen LogP contribution in [0.5, 0.6) is 0 Å². The van der Waals surface area contributed by atoms with Crippen molar-refractivity contribution in [2.75, 3.05) is 19.5 Å². The van der Waals surface area contributed by atoms with Gasteiger partial charge in [0.15, 0.2) is 5.82 Å². The quantitative estimate of drug-likeness (QED) is 0.626. The SMILES string of the molecule is CCCOCC(C)(N)c1noc(-c2ccccc2SC)n1. The lowest BCUT2D eigenvalue weighted by Gasteiger charge is -2.19. The van der Waals surface area contributed by atoms with Crippen molar-refractivity contribution in [1.82, 2.24) is 10.1 Å². The maximum absolute atomic E-state index is 6.23. The Morgan fingerprint density at radius 3 is 2.86 bits per heavy atom. The second kappa shape index (κ2) is 7.06. The minimum atomic E-state index is -0.759. The van der Waals surface area contributed by atoms with Crippen molar-refractivity contribution in [3.8, 4) is 11.5 Å². The molecule has 21 heavy (non-hydrogen) atoms. The molecule has 0 aliphatic heterocycles. The van der Waals surface area contributed by atoms with Gasteiger partial charge < -0.3 is 15.0 Å². The van der Waals surface area contributed by atoms with E-state index in [0.717, 1.165) is 16.9 Å². The molecule has 1 heterocycles. The summed E-state index contributed by atoms with van der Waals surface area (Å²) in [6, 6.07) is 7.92. The second-order valence-electron chi connectivity index (χ2n) is 5.09. The van der Waals surface area contributed by atoms with Crippen molar-refractivity contribution in [2.45, 2.75) is 30.7 Å². The molecule has 0 aliphatic carbocycles. The Kier molecular flexibility index (Phi) is 5.39. The fourth-order valence-electron chi connectivity index (χ4n) is 1.88. The molecule has 0 saturated carbocycles. The first-order chi connectivity index (χ1) is 10.1. The van der Waals surface area contributed by atoms with E-state index in [4.69, 9.17) is 15.0 Å². The fraction of sp³-hybridized carbons (Fsp3) is 0.467. The largest absolute Gasteiger partial charge is 0.379 e. The third kappa shape index (κ3) is 3.84. The molecular weight excluding hydrogens is 286 g/mol. The maximum atomic E-state index is 6.23. The third-order valence-corrected chi connectivity index (χ3v) is 3.82. The summed E-state index contributed by atoms with van der Waals surface area (Å²) in [6.45, 7) is 4.94. The van der Waals surface area contributed by atoms with Crippen LogP contribution >= 0.6 is 11.8 Å². The van der Waals surface area contributed by atoms with Gasteiger partial charge in [-0.15, -0.1) is 11.8 Å². The van der Waals surface area contributed by atoms with Gasteiger partial charge in [0.05, 0.1) is 12.2 Å². The van der Waals surface area contributed by atoms with Crippen LogP contribution in [0.25, 0.3) is 11.5 Å². The number of rotatable bonds is 7. The lowest BCUT2D eigenvalue weighted by atomic mass is 10.1. The Morgan fingerprint density at radius 2 is 2.14 bits per heavy atom. The first kappa shape index (κ1) is 16.0. The molecule has 1 unspecified atom stereocenters. The lowest BCUT2D eigenvalue weighted by molar-refractivity contribution is 0.0867. The number of hydrogen-bond acceptors (Lipinski definition) is 6. The number of hydrogen-bond donors (Lipinski definition) is 1. The van der Waals surface area contributed by atoms with Gasteiger partial charge in [-0.05, 0) is 31.7 Å². The molecule has 0 fully saturated rings. The number of ether oxygens (including phenoxy) is 1. The van der Waals surface area contributed by atoms with Gasteiger partial charge in [-0.1, -0.05) is 24.2 Å². The molecule has 1 aromatic heterocycles. The van der Waals surface area contributed by atoms with E-state index >= 15 is 0 Å². The molecule has 0 bridgehead atoms. The summed E-state index contributed by atoms with van der Waals surface area (Å²) in [5.41, 5.74) is 6.39. The van der Waals surface area contributed by atoms with Crippen molar-refractivity contribution in [1.29, 1.82) is 0 Å². The fourth-order valence-corrected chi connectivity index (χ4v) is 2.47. The van der Waals surface area contributed by atoms with Gasteiger partial charge in [-0.2, -0.15) is 4.98 Å². The molecule has 0 radical (unpaired) electrons. The van der Waals surface area contributed by atoms with Crippen LogP contribution in [-0.2, 0) is 10.3 Å². The van der Waals surface area contributed by atoms with Gasteiger partial charge in [0.25, 0.3) is 5.89 Å². The Labute approximate surface area is 129 Å². The van der Waals surface area contributed by atoms with Crippen LogP contribution in [0.2, 0.25) is 0 Å². The number of nitrogens with two attached hydrogens (primary N) is 1. The summed E-state index contributed by atoms with van der Waals surface area (Å²) in [7, 11) is 0. The average molecular weight is 307 g/mol. The Morgan fingerprint density at radius 1 is 1.38 bits per heavy atom. The molecular formula is C15H21N3O2S.